The van der Waals surface area contributed by atoms with Gasteiger partial charge in [0.2, 0.25) is 23.5 Å². The standard InChI is InChI=1S/C19H18N4O3S/c1-12-4-2-3-5-15(12)19-22-17(26-23-19)11-27-10-16(24)21-14-8-6-13(7-9-14)18(20)25/h2-9H,10-11H2,1H3,(H2,20,25)(H,21,24). The van der Waals surface area contributed by atoms with Crippen LogP contribution in [0.25, 0.3) is 11.4 Å². The molecule has 1 heterocycles. The van der Waals surface area contributed by atoms with Crippen LogP contribution in [-0.2, 0) is 10.5 Å². The summed E-state index contributed by atoms with van der Waals surface area (Å²) < 4.78 is 5.25. The van der Waals surface area contributed by atoms with Crippen molar-refractivity contribution in [1.29, 1.82) is 0 Å². The fourth-order valence-electron chi connectivity index (χ4n) is 2.39. The Morgan fingerprint density at radius 2 is 1.89 bits per heavy atom. The first-order valence-electron chi connectivity index (χ1n) is 8.19. The molecule has 0 radical (unpaired) electrons. The number of carbonyl (C=O) groups excluding carboxylic acids is 2. The Labute approximate surface area is 160 Å². The second-order valence-corrected chi connectivity index (χ2v) is 6.79. The monoisotopic (exact) mass is 382 g/mol. The molecule has 7 nitrogen and oxygen atoms in total. The molecule has 0 saturated heterocycles. The molecule has 0 atom stereocenters. The van der Waals surface area contributed by atoms with E-state index in [9.17, 15) is 9.59 Å². The summed E-state index contributed by atoms with van der Waals surface area (Å²) in [4.78, 5) is 27.4. The van der Waals surface area contributed by atoms with Crippen LogP contribution in [-0.4, -0.2) is 27.7 Å². The van der Waals surface area contributed by atoms with E-state index in [1.165, 1.54) is 11.8 Å². The number of carbonyl (C=O) groups is 2. The zero-order chi connectivity index (χ0) is 19.2. The number of primary amides is 1. The third-order valence-corrected chi connectivity index (χ3v) is 4.68. The van der Waals surface area contributed by atoms with Crippen LogP contribution in [0.4, 0.5) is 5.69 Å². The molecule has 3 aromatic rings. The van der Waals surface area contributed by atoms with Crippen LogP contribution >= 0.6 is 11.8 Å². The molecule has 0 aliphatic heterocycles. The van der Waals surface area contributed by atoms with Crippen LogP contribution in [0.2, 0.25) is 0 Å². The first-order valence-corrected chi connectivity index (χ1v) is 9.34. The van der Waals surface area contributed by atoms with E-state index in [1.807, 2.05) is 31.2 Å². The number of hydrogen-bond donors (Lipinski definition) is 2. The predicted molar refractivity (Wildman–Crippen MR) is 104 cm³/mol. The molecule has 3 rings (SSSR count). The summed E-state index contributed by atoms with van der Waals surface area (Å²) in [6.45, 7) is 1.99. The van der Waals surface area contributed by atoms with Crippen molar-refractivity contribution in [3.63, 3.8) is 0 Å². The summed E-state index contributed by atoms with van der Waals surface area (Å²) >= 11 is 1.37. The number of thioether (sulfide) groups is 1. The van der Waals surface area contributed by atoms with Crippen LogP contribution in [0.15, 0.2) is 53.1 Å². The lowest BCUT2D eigenvalue weighted by Gasteiger charge is -2.05. The Hall–Kier alpha value is -3.13. The molecule has 27 heavy (non-hydrogen) atoms. The van der Waals surface area contributed by atoms with Gasteiger partial charge >= 0.3 is 0 Å². The highest BCUT2D eigenvalue weighted by atomic mass is 32.2. The first-order chi connectivity index (χ1) is 13.0. The Balaban J connectivity index is 1.49. The molecule has 0 spiro atoms. The number of aromatic nitrogens is 2. The van der Waals surface area contributed by atoms with Crippen molar-refractivity contribution in [3.05, 3.63) is 65.5 Å². The number of aryl methyl sites for hydroxylation is 1. The van der Waals surface area contributed by atoms with E-state index >= 15 is 0 Å². The average Bonchev–Trinajstić information content (AvgIpc) is 3.11. The van der Waals surface area contributed by atoms with Gasteiger partial charge in [0.25, 0.3) is 0 Å². The van der Waals surface area contributed by atoms with Crippen LogP contribution in [0.5, 0.6) is 0 Å². The van der Waals surface area contributed by atoms with Gasteiger partial charge in [0.15, 0.2) is 0 Å². The molecule has 2 aromatic carbocycles. The fourth-order valence-corrected chi connectivity index (χ4v) is 3.04. The van der Waals surface area contributed by atoms with Crippen molar-refractivity contribution < 1.29 is 14.1 Å². The van der Waals surface area contributed by atoms with Crippen molar-refractivity contribution in [2.24, 2.45) is 5.73 Å². The normalized spacial score (nSPS) is 10.6. The zero-order valence-electron chi connectivity index (χ0n) is 14.6. The van der Waals surface area contributed by atoms with Gasteiger partial charge in [0.05, 0.1) is 11.5 Å². The Morgan fingerprint density at radius 1 is 1.15 bits per heavy atom. The molecule has 0 bridgehead atoms. The Morgan fingerprint density at radius 3 is 2.59 bits per heavy atom. The lowest BCUT2D eigenvalue weighted by Crippen LogP contribution is -2.15. The highest BCUT2D eigenvalue weighted by Gasteiger charge is 2.11. The van der Waals surface area contributed by atoms with E-state index in [0.717, 1.165) is 11.1 Å². The van der Waals surface area contributed by atoms with Crippen molar-refractivity contribution in [2.45, 2.75) is 12.7 Å². The zero-order valence-corrected chi connectivity index (χ0v) is 15.5. The molecule has 1 aromatic heterocycles. The minimum Gasteiger partial charge on any atom is -0.366 e. The van der Waals surface area contributed by atoms with Gasteiger partial charge in [0.1, 0.15) is 0 Å². The number of hydrogen-bond acceptors (Lipinski definition) is 6. The summed E-state index contributed by atoms with van der Waals surface area (Å²) in [5.74, 6) is 1.02. The molecule has 138 valence electrons. The van der Waals surface area contributed by atoms with Crippen molar-refractivity contribution in [1.82, 2.24) is 10.1 Å². The lowest BCUT2D eigenvalue weighted by molar-refractivity contribution is -0.113. The van der Waals surface area contributed by atoms with Crippen molar-refractivity contribution in [3.8, 4) is 11.4 Å². The largest absolute Gasteiger partial charge is 0.366 e. The highest BCUT2D eigenvalue weighted by molar-refractivity contribution is 7.99. The molecule has 0 unspecified atom stereocenters. The molecular formula is C19H18N4O3S. The molecule has 0 saturated carbocycles. The minimum absolute atomic E-state index is 0.162. The van der Waals surface area contributed by atoms with Gasteiger partial charge in [-0.1, -0.05) is 29.4 Å². The second-order valence-electron chi connectivity index (χ2n) is 5.81. The molecule has 0 aliphatic rings. The number of amides is 2. The summed E-state index contributed by atoms with van der Waals surface area (Å²) in [6.07, 6.45) is 0. The van der Waals surface area contributed by atoms with Crippen molar-refractivity contribution in [2.75, 3.05) is 11.1 Å². The highest BCUT2D eigenvalue weighted by Crippen LogP contribution is 2.21. The van der Waals surface area contributed by atoms with Gasteiger partial charge in [-0.15, -0.1) is 11.8 Å². The van der Waals surface area contributed by atoms with Crippen LogP contribution in [0.3, 0.4) is 0 Å². The third-order valence-electron chi connectivity index (χ3n) is 3.77. The van der Waals surface area contributed by atoms with E-state index < -0.39 is 5.91 Å². The second kappa shape index (κ2) is 8.50. The van der Waals surface area contributed by atoms with E-state index in [4.69, 9.17) is 10.3 Å². The molecule has 0 aliphatic carbocycles. The van der Waals surface area contributed by atoms with Gasteiger partial charge in [-0.25, -0.2) is 0 Å². The molecule has 3 N–H and O–H groups in total. The number of benzene rings is 2. The maximum Gasteiger partial charge on any atom is 0.248 e. The lowest BCUT2D eigenvalue weighted by atomic mass is 10.1. The summed E-state index contributed by atoms with van der Waals surface area (Å²) in [5.41, 5.74) is 8.17. The van der Waals surface area contributed by atoms with Gasteiger partial charge in [-0.2, -0.15) is 4.98 Å². The number of nitrogens with two attached hydrogens (primary N) is 1. The van der Waals surface area contributed by atoms with Crippen LogP contribution in [0.1, 0.15) is 21.8 Å². The molecule has 0 fully saturated rings. The summed E-state index contributed by atoms with van der Waals surface area (Å²) in [5, 5.41) is 6.75. The van der Waals surface area contributed by atoms with E-state index in [2.05, 4.69) is 15.5 Å². The van der Waals surface area contributed by atoms with Gasteiger partial charge < -0.3 is 15.6 Å². The quantitative estimate of drug-likeness (QED) is 0.650. The average molecular weight is 382 g/mol. The maximum atomic E-state index is 12.0. The molecule has 2 amide bonds. The molecule has 8 heteroatoms. The fraction of sp³-hybridized carbons (Fsp3) is 0.158. The van der Waals surface area contributed by atoms with E-state index in [-0.39, 0.29) is 11.7 Å². The van der Waals surface area contributed by atoms with Gasteiger partial charge in [0, 0.05) is 16.8 Å². The summed E-state index contributed by atoms with van der Waals surface area (Å²) in [7, 11) is 0. The van der Waals surface area contributed by atoms with Crippen molar-refractivity contribution >= 4 is 29.3 Å². The number of nitrogens with one attached hydrogen (secondary N) is 1. The van der Waals surface area contributed by atoms with Gasteiger partial charge in [-0.3, -0.25) is 9.59 Å². The maximum absolute atomic E-state index is 12.0. The third kappa shape index (κ3) is 4.95. The Bertz CT molecular complexity index is 954. The minimum atomic E-state index is -0.506. The molecular weight excluding hydrogens is 364 g/mol. The number of nitrogens with zero attached hydrogens (tertiary/aromatic N) is 2. The number of anilines is 1. The van der Waals surface area contributed by atoms with E-state index in [0.29, 0.717) is 28.7 Å². The van der Waals surface area contributed by atoms with Crippen LogP contribution in [0, 0.1) is 6.92 Å². The van der Waals surface area contributed by atoms with E-state index in [1.54, 1.807) is 24.3 Å². The first kappa shape index (κ1) is 18.7. The predicted octanol–water partition coefficient (Wildman–Crippen LogP) is 3.02. The smallest absolute Gasteiger partial charge is 0.248 e. The Kier molecular flexibility index (Phi) is 5.87. The van der Waals surface area contributed by atoms with Crippen LogP contribution < -0.4 is 11.1 Å². The topological polar surface area (TPSA) is 111 Å². The SMILES string of the molecule is Cc1ccccc1-c1noc(CSCC(=O)Nc2ccc(C(N)=O)cc2)n1. The number of rotatable bonds is 7. The van der Waals surface area contributed by atoms with Gasteiger partial charge in [-0.05, 0) is 36.8 Å². The summed E-state index contributed by atoms with van der Waals surface area (Å²) in [6, 6.07) is 14.2.